The van der Waals surface area contributed by atoms with Crippen molar-refractivity contribution >= 4 is 0 Å². The van der Waals surface area contributed by atoms with E-state index in [1.54, 1.807) is 14.2 Å². The molecule has 0 radical (unpaired) electrons. The van der Waals surface area contributed by atoms with E-state index in [1.807, 2.05) is 12.1 Å². The van der Waals surface area contributed by atoms with Crippen LogP contribution in [0, 0.1) is 0 Å². The van der Waals surface area contributed by atoms with Crippen LogP contribution < -0.4 is 15.2 Å². The van der Waals surface area contributed by atoms with E-state index in [0.29, 0.717) is 0 Å². The van der Waals surface area contributed by atoms with Crippen LogP contribution in [0.25, 0.3) is 0 Å². The minimum Gasteiger partial charge on any atom is -0.496 e. The number of benzene rings is 1. The molecule has 1 aromatic rings. The average molecular weight is 221 g/mol. The molecule has 0 aliphatic heterocycles. The van der Waals surface area contributed by atoms with Crippen molar-refractivity contribution in [3.8, 4) is 11.5 Å². The highest BCUT2D eigenvalue weighted by Gasteiger charge is 2.42. The summed E-state index contributed by atoms with van der Waals surface area (Å²) in [7, 11) is 3.38. The number of hydrogen-bond acceptors (Lipinski definition) is 3. The van der Waals surface area contributed by atoms with Crippen LogP contribution in [0.5, 0.6) is 11.5 Å². The highest BCUT2D eigenvalue weighted by Crippen LogP contribution is 2.48. The van der Waals surface area contributed by atoms with Gasteiger partial charge in [0.05, 0.1) is 14.2 Å². The third kappa shape index (κ3) is 1.65. The van der Waals surface area contributed by atoms with Crippen molar-refractivity contribution in [3.05, 3.63) is 23.3 Å². The standard InChI is InChI=1S/C13H19NO2/c1-4-9-11(15-2)6-5-10(12(9)16-3)13(14)7-8-13/h5-6H,4,7-8,14H2,1-3H3. The molecule has 1 aromatic carbocycles. The van der Waals surface area contributed by atoms with Crippen LogP contribution >= 0.6 is 0 Å². The molecule has 0 atom stereocenters. The number of nitrogens with two attached hydrogens (primary N) is 1. The molecule has 16 heavy (non-hydrogen) atoms. The summed E-state index contributed by atoms with van der Waals surface area (Å²) < 4.78 is 10.9. The molecule has 1 aliphatic carbocycles. The Morgan fingerprint density at radius 1 is 1.25 bits per heavy atom. The molecule has 0 unspecified atom stereocenters. The Kier molecular flexibility index (Phi) is 2.80. The fourth-order valence-corrected chi connectivity index (χ4v) is 2.17. The van der Waals surface area contributed by atoms with Crippen LogP contribution in [-0.2, 0) is 12.0 Å². The zero-order valence-corrected chi connectivity index (χ0v) is 10.2. The number of hydrogen-bond donors (Lipinski definition) is 1. The van der Waals surface area contributed by atoms with Crippen molar-refractivity contribution in [3.63, 3.8) is 0 Å². The van der Waals surface area contributed by atoms with E-state index in [9.17, 15) is 0 Å². The van der Waals surface area contributed by atoms with Crippen LogP contribution in [0.3, 0.4) is 0 Å². The molecule has 0 bridgehead atoms. The Hall–Kier alpha value is -1.22. The van der Waals surface area contributed by atoms with Gasteiger partial charge < -0.3 is 15.2 Å². The van der Waals surface area contributed by atoms with E-state index in [0.717, 1.165) is 41.9 Å². The summed E-state index contributed by atoms with van der Waals surface area (Å²) in [5.41, 5.74) is 8.30. The monoisotopic (exact) mass is 221 g/mol. The lowest BCUT2D eigenvalue weighted by molar-refractivity contribution is 0.379. The second-order valence-electron chi connectivity index (χ2n) is 4.34. The van der Waals surface area contributed by atoms with Crippen molar-refractivity contribution in [2.45, 2.75) is 31.7 Å². The molecule has 2 N–H and O–H groups in total. The van der Waals surface area contributed by atoms with Crippen molar-refractivity contribution in [1.29, 1.82) is 0 Å². The number of rotatable bonds is 4. The molecular weight excluding hydrogens is 202 g/mol. The highest BCUT2D eigenvalue weighted by atomic mass is 16.5. The summed E-state index contributed by atoms with van der Waals surface area (Å²) in [6.45, 7) is 2.10. The molecule has 0 amide bonds. The SMILES string of the molecule is CCc1c(OC)ccc(C2(N)CC2)c1OC. The van der Waals surface area contributed by atoms with E-state index in [2.05, 4.69) is 6.92 Å². The van der Waals surface area contributed by atoms with Crippen LogP contribution in [0.15, 0.2) is 12.1 Å². The Morgan fingerprint density at radius 2 is 1.94 bits per heavy atom. The van der Waals surface area contributed by atoms with Gasteiger partial charge in [0, 0.05) is 16.7 Å². The average Bonchev–Trinajstić information content (AvgIpc) is 3.06. The van der Waals surface area contributed by atoms with Gasteiger partial charge in [-0.2, -0.15) is 0 Å². The minimum atomic E-state index is -0.165. The Balaban J connectivity index is 2.55. The van der Waals surface area contributed by atoms with Gasteiger partial charge in [0.15, 0.2) is 0 Å². The van der Waals surface area contributed by atoms with Gasteiger partial charge in [0.1, 0.15) is 11.5 Å². The number of methoxy groups -OCH3 is 2. The molecule has 3 nitrogen and oxygen atoms in total. The zero-order valence-electron chi connectivity index (χ0n) is 10.2. The fraction of sp³-hybridized carbons (Fsp3) is 0.538. The molecular formula is C13H19NO2. The molecule has 0 spiro atoms. The van der Waals surface area contributed by atoms with E-state index >= 15 is 0 Å². The maximum Gasteiger partial charge on any atom is 0.130 e. The Labute approximate surface area is 96.5 Å². The third-order valence-corrected chi connectivity index (χ3v) is 3.32. The van der Waals surface area contributed by atoms with Gasteiger partial charge in [-0.3, -0.25) is 0 Å². The van der Waals surface area contributed by atoms with Crippen LogP contribution in [0.4, 0.5) is 0 Å². The first-order valence-corrected chi connectivity index (χ1v) is 5.69. The smallest absolute Gasteiger partial charge is 0.130 e. The molecule has 0 saturated heterocycles. The summed E-state index contributed by atoms with van der Waals surface area (Å²) in [5.74, 6) is 1.79. The zero-order chi connectivity index (χ0) is 11.8. The van der Waals surface area contributed by atoms with Crippen LogP contribution in [0.1, 0.15) is 30.9 Å². The molecule has 1 aliphatic rings. The van der Waals surface area contributed by atoms with Crippen molar-refractivity contribution in [2.75, 3.05) is 14.2 Å². The predicted octanol–water partition coefficient (Wildman–Crippen LogP) is 2.21. The summed E-state index contributed by atoms with van der Waals surface area (Å²) in [4.78, 5) is 0. The summed E-state index contributed by atoms with van der Waals surface area (Å²) >= 11 is 0. The van der Waals surface area contributed by atoms with E-state index < -0.39 is 0 Å². The van der Waals surface area contributed by atoms with Gasteiger partial charge in [0.2, 0.25) is 0 Å². The lowest BCUT2D eigenvalue weighted by Crippen LogP contribution is -2.20. The Morgan fingerprint density at radius 3 is 2.38 bits per heavy atom. The van der Waals surface area contributed by atoms with Gasteiger partial charge in [-0.05, 0) is 31.4 Å². The molecule has 0 heterocycles. The normalized spacial score (nSPS) is 17.0. The largest absolute Gasteiger partial charge is 0.496 e. The molecule has 2 rings (SSSR count). The predicted molar refractivity (Wildman–Crippen MR) is 64.0 cm³/mol. The summed E-state index contributed by atoms with van der Waals surface area (Å²) in [6.07, 6.45) is 2.97. The van der Waals surface area contributed by atoms with Crippen LogP contribution in [-0.4, -0.2) is 14.2 Å². The molecule has 3 heteroatoms. The van der Waals surface area contributed by atoms with Gasteiger partial charge in [-0.1, -0.05) is 6.92 Å². The minimum absolute atomic E-state index is 0.165. The summed E-state index contributed by atoms with van der Waals surface area (Å²) in [6, 6.07) is 4.02. The topological polar surface area (TPSA) is 44.5 Å². The molecule has 1 fully saturated rings. The van der Waals surface area contributed by atoms with Crippen LogP contribution in [0.2, 0.25) is 0 Å². The first-order valence-electron chi connectivity index (χ1n) is 5.69. The molecule has 0 aromatic heterocycles. The second-order valence-corrected chi connectivity index (χ2v) is 4.34. The quantitative estimate of drug-likeness (QED) is 0.847. The van der Waals surface area contributed by atoms with E-state index in [4.69, 9.17) is 15.2 Å². The van der Waals surface area contributed by atoms with E-state index in [1.165, 1.54) is 0 Å². The lowest BCUT2D eigenvalue weighted by atomic mass is 9.98. The number of ether oxygens (including phenoxy) is 2. The van der Waals surface area contributed by atoms with Crippen molar-refractivity contribution in [1.82, 2.24) is 0 Å². The van der Waals surface area contributed by atoms with E-state index in [-0.39, 0.29) is 5.54 Å². The first kappa shape index (κ1) is 11.3. The maximum atomic E-state index is 6.24. The Bertz CT molecular complexity index is 397. The van der Waals surface area contributed by atoms with Crippen molar-refractivity contribution < 1.29 is 9.47 Å². The lowest BCUT2D eigenvalue weighted by Gasteiger charge is -2.19. The maximum absolute atomic E-state index is 6.24. The fourth-order valence-electron chi connectivity index (χ4n) is 2.17. The van der Waals surface area contributed by atoms with Gasteiger partial charge >= 0.3 is 0 Å². The second kappa shape index (κ2) is 3.98. The van der Waals surface area contributed by atoms with Crippen molar-refractivity contribution in [2.24, 2.45) is 5.73 Å². The van der Waals surface area contributed by atoms with Gasteiger partial charge in [0.25, 0.3) is 0 Å². The molecule has 88 valence electrons. The van der Waals surface area contributed by atoms with Gasteiger partial charge in [-0.25, -0.2) is 0 Å². The molecule has 1 saturated carbocycles. The first-order chi connectivity index (χ1) is 7.66. The highest BCUT2D eigenvalue weighted by molar-refractivity contribution is 5.54. The van der Waals surface area contributed by atoms with Gasteiger partial charge in [-0.15, -0.1) is 0 Å². The third-order valence-electron chi connectivity index (χ3n) is 3.32. The summed E-state index contributed by atoms with van der Waals surface area (Å²) in [5, 5.41) is 0.